The van der Waals surface area contributed by atoms with Gasteiger partial charge in [-0.05, 0) is 36.4 Å². The molecule has 6 nitrogen and oxygen atoms in total. The molecular formula is C12H12N6S. The summed E-state index contributed by atoms with van der Waals surface area (Å²) in [7, 11) is 0. The van der Waals surface area contributed by atoms with Crippen molar-refractivity contribution in [3.63, 3.8) is 0 Å². The highest BCUT2D eigenvalue weighted by Crippen LogP contribution is 2.27. The van der Waals surface area contributed by atoms with E-state index in [1.165, 1.54) is 18.1 Å². The third kappa shape index (κ3) is 2.56. The number of imidazole rings is 1. The van der Waals surface area contributed by atoms with E-state index in [1.807, 2.05) is 18.3 Å². The second kappa shape index (κ2) is 5.33. The second-order valence-electron chi connectivity index (χ2n) is 3.93. The monoisotopic (exact) mass is 272 g/mol. The smallest absolute Gasteiger partial charge is 0.181 e. The normalized spacial score (nSPS) is 11.0. The van der Waals surface area contributed by atoms with Gasteiger partial charge < -0.3 is 10.7 Å². The predicted octanol–water partition coefficient (Wildman–Crippen LogP) is 1.40. The quantitative estimate of drug-likeness (QED) is 0.697. The SMILES string of the molecule is NCCc1ccc(Sc2ncnc3nc[nH]c23)nc1. The van der Waals surface area contributed by atoms with Gasteiger partial charge in [0, 0.05) is 6.20 Å². The van der Waals surface area contributed by atoms with Crippen LogP contribution in [0.1, 0.15) is 5.56 Å². The van der Waals surface area contributed by atoms with E-state index in [0.29, 0.717) is 12.2 Å². The molecule has 19 heavy (non-hydrogen) atoms. The van der Waals surface area contributed by atoms with Gasteiger partial charge in [-0.2, -0.15) is 0 Å². The average molecular weight is 272 g/mol. The topological polar surface area (TPSA) is 93.4 Å². The van der Waals surface area contributed by atoms with Gasteiger partial charge in [-0.15, -0.1) is 0 Å². The first-order valence-electron chi connectivity index (χ1n) is 5.84. The Morgan fingerprint density at radius 1 is 1.16 bits per heavy atom. The van der Waals surface area contributed by atoms with Crippen molar-refractivity contribution in [3.8, 4) is 0 Å². The maximum absolute atomic E-state index is 5.51. The third-order valence-electron chi connectivity index (χ3n) is 2.62. The molecule has 7 heteroatoms. The molecule has 0 spiro atoms. The van der Waals surface area contributed by atoms with E-state index < -0.39 is 0 Å². The first-order valence-corrected chi connectivity index (χ1v) is 6.65. The maximum Gasteiger partial charge on any atom is 0.181 e. The van der Waals surface area contributed by atoms with Crippen LogP contribution >= 0.6 is 11.8 Å². The summed E-state index contributed by atoms with van der Waals surface area (Å²) in [5.74, 6) is 0. The zero-order valence-corrected chi connectivity index (χ0v) is 10.9. The Labute approximate surface area is 113 Å². The summed E-state index contributed by atoms with van der Waals surface area (Å²) in [5.41, 5.74) is 8.15. The predicted molar refractivity (Wildman–Crippen MR) is 72.8 cm³/mol. The van der Waals surface area contributed by atoms with Crippen molar-refractivity contribution in [3.05, 3.63) is 36.5 Å². The van der Waals surface area contributed by atoms with Crippen LogP contribution in [-0.2, 0) is 6.42 Å². The van der Waals surface area contributed by atoms with Crippen molar-refractivity contribution in [2.75, 3.05) is 6.54 Å². The number of H-pyrrole nitrogens is 1. The van der Waals surface area contributed by atoms with Crippen LogP contribution in [0.15, 0.2) is 41.0 Å². The van der Waals surface area contributed by atoms with E-state index in [1.54, 1.807) is 6.33 Å². The number of hydrogen-bond acceptors (Lipinski definition) is 6. The lowest BCUT2D eigenvalue weighted by molar-refractivity contribution is 0.945. The lowest BCUT2D eigenvalue weighted by Gasteiger charge is -2.02. The minimum atomic E-state index is 0.634. The molecule has 3 rings (SSSR count). The Morgan fingerprint density at radius 2 is 2.11 bits per heavy atom. The van der Waals surface area contributed by atoms with Gasteiger partial charge in [0.25, 0.3) is 0 Å². The van der Waals surface area contributed by atoms with Gasteiger partial charge in [0.2, 0.25) is 0 Å². The van der Waals surface area contributed by atoms with Crippen molar-refractivity contribution in [1.82, 2.24) is 24.9 Å². The van der Waals surface area contributed by atoms with E-state index >= 15 is 0 Å². The Balaban J connectivity index is 1.86. The zero-order valence-electron chi connectivity index (χ0n) is 10.1. The molecule has 3 aromatic rings. The average Bonchev–Trinajstić information content (AvgIpc) is 2.91. The van der Waals surface area contributed by atoms with E-state index in [9.17, 15) is 0 Å². The highest BCUT2D eigenvalue weighted by molar-refractivity contribution is 7.99. The first-order chi connectivity index (χ1) is 9.36. The summed E-state index contributed by atoms with van der Waals surface area (Å²) in [6, 6.07) is 4.01. The molecule has 0 radical (unpaired) electrons. The van der Waals surface area contributed by atoms with Crippen LogP contribution in [0.3, 0.4) is 0 Å². The molecule has 3 aromatic heterocycles. The first kappa shape index (κ1) is 12.1. The molecule has 0 saturated heterocycles. The Morgan fingerprint density at radius 3 is 2.89 bits per heavy atom. The molecule has 0 fully saturated rings. The van der Waals surface area contributed by atoms with Gasteiger partial charge in [-0.1, -0.05) is 6.07 Å². The highest BCUT2D eigenvalue weighted by Gasteiger charge is 2.08. The molecule has 96 valence electrons. The summed E-state index contributed by atoms with van der Waals surface area (Å²) < 4.78 is 0. The van der Waals surface area contributed by atoms with Crippen molar-refractivity contribution in [2.24, 2.45) is 5.73 Å². The minimum Gasteiger partial charge on any atom is -0.341 e. The molecule has 0 aliphatic rings. The van der Waals surface area contributed by atoms with Crippen LogP contribution in [0.5, 0.6) is 0 Å². The Kier molecular flexibility index (Phi) is 3.39. The molecular weight excluding hydrogens is 260 g/mol. The summed E-state index contributed by atoms with van der Waals surface area (Å²) in [6.07, 6.45) is 5.81. The van der Waals surface area contributed by atoms with Crippen molar-refractivity contribution in [1.29, 1.82) is 0 Å². The summed E-state index contributed by atoms with van der Waals surface area (Å²) >= 11 is 1.48. The van der Waals surface area contributed by atoms with Crippen LogP contribution in [-0.4, -0.2) is 31.5 Å². The number of aromatic amines is 1. The molecule has 0 unspecified atom stereocenters. The molecule has 0 atom stereocenters. The largest absolute Gasteiger partial charge is 0.341 e. The van der Waals surface area contributed by atoms with Gasteiger partial charge in [-0.3, -0.25) is 0 Å². The lowest BCUT2D eigenvalue weighted by Crippen LogP contribution is -2.02. The molecule has 3 heterocycles. The van der Waals surface area contributed by atoms with Gasteiger partial charge in [0.15, 0.2) is 5.65 Å². The fraction of sp³-hybridized carbons (Fsp3) is 0.167. The van der Waals surface area contributed by atoms with Crippen molar-refractivity contribution in [2.45, 2.75) is 16.5 Å². The molecule has 0 aliphatic carbocycles. The number of nitrogens with zero attached hydrogens (tertiary/aromatic N) is 4. The van der Waals surface area contributed by atoms with Crippen molar-refractivity contribution >= 4 is 22.9 Å². The van der Waals surface area contributed by atoms with Gasteiger partial charge in [0.1, 0.15) is 21.9 Å². The second-order valence-corrected chi connectivity index (χ2v) is 4.93. The number of nitrogens with one attached hydrogen (secondary N) is 1. The summed E-state index contributed by atoms with van der Waals surface area (Å²) in [4.78, 5) is 19.9. The molecule has 3 N–H and O–H groups in total. The van der Waals surface area contributed by atoms with Gasteiger partial charge in [-0.25, -0.2) is 19.9 Å². The molecule has 0 amide bonds. The Hall–Kier alpha value is -1.99. The van der Waals surface area contributed by atoms with Crippen LogP contribution in [0.25, 0.3) is 11.2 Å². The summed E-state index contributed by atoms with van der Waals surface area (Å²) in [6.45, 7) is 0.634. The summed E-state index contributed by atoms with van der Waals surface area (Å²) in [5, 5.41) is 1.71. The number of hydrogen-bond donors (Lipinski definition) is 2. The van der Waals surface area contributed by atoms with E-state index in [4.69, 9.17) is 5.73 Å². The number of aromatic nitrogens is 5. The van der Waals surface area contributed by atoms with Crippen LogP contribution in [0, 0.1) is 0 Å². The van der Waals surface area contributed by atoms with Gasteiger partial charge >= 0.3 is 0 Å². The van der Waals surface area contributed by atoms with E-state index in [0.717, 1.165) is 27.6 Å². The maximum atomic E-state index is 5.51. The molecule has 0 aromatic carbocycles. The number of nitrogens with two attached hydrogens (primary N) is 1. The third-order valence-corrected chi connectivity index (χ3v) is 3.57. The van der Waals surface area contributed by atoms with Crippen molar-refractivity contribution < 1.29 is 0 Å². The highest BCUT2D eigenvalue weighted by atomic mass is 32.2. The van der Waals surface area contributed by atoms with E-state index in [2.05, 4.69) is 24.9 Å². The Bertz CT molecular complexity index is 678. The standard InChI is InChI=1S/C12H12N6S/c13-4-3-8-1-2-9(14-5-8)19-12-10-11(16-6-15-10)17-7-18-12/h1-2,5-7H,3-4,13H2,(H,15,16,17,18). The minimum absolute atomic E-state index is 0.634. The lowest BCUT2D eigenvalue weighted by atomic mass is 10.2. The molecule has 0 saturated carbocycles. The zero-order chi connectivity index (χ0) is 13.1. The molecule has 0 aliphatic heterocycles. The number of fused-ring (bicyclic) bond motifs is 1. The van der Waals surface area contributed by atoms with E-state index in [-0.39, 0.29) is 0 Å². The molecule has 0 bridgehead atoms. The van der Waals surface area contributed by atoms with Crippen LogP contribution < -0.4 is 5.73 Å². The van der Waals surface area contributed by atoms with Crippen LogP contribution in [0.2, 0.25) is 0 Å². The van der Waals surface area contributed by atoms with Gasteiger partial charge in [0.05, 0.1) is 6.33 Å². The number of pyridine rings is 1. The fourth-order valence-electron chi connectivity index (χ4n) is 1.71. The van der Waals surface area contributed by atoms with Crippen LogP contribution in [0.4, 0.5) is 0 Å². The fourth-order valence-corrected chi connectivity index (χ4v) is 2.50. The number of rotatable bonds is 4.